The summed E-state index contributed by atoms with van der Waals surface area (Å²) in [6, 6.07) is 29.0. The summed E-state index contributed by atoms with van der Waals surface area (Å²) in [5, 5.41) is 20.7. The Hall–Kier alpha value is -6.58. The standard InChI is InChI=1S/C61H68F3N8O7.C2H7N.C2H6.W/c62-61(63,64)60(79-56-12-2-1-10-49(56)55-36-50-44(38-65)7-4-11-53(50)67-55)21-26-71(27-22-60)59(77)52-37-57(75)68-54-18-17-48(35-51(52)54)78-33-23-66-46-15-13-42(14-16-46)58(76)72-30-28-69(29-31-72)39-41-19-24-70(25-20-41)47-9-3-6-43(34-47)45(40-74)8-5-32-73;1-3-2;1-2;/h1-4,6-7,9-12,17-18,32,34-36,40-42,45-46,52,67H,5,8,13-16,19-31,33,37,39H2,(H,68,75);3H,1-2H3;1-2H3;/q-1;;;. The van der Waals surface area contributed by atoms with Gasteiger partial charge in [0.05, 0.1) is 29.9 Å². The maximum Gasteiger partial charge on any atom is 0.428 e. The van der Waals surface area contributed by atoms with E-state index < -0.39 is 36.4 Å². The van der Waals surface area contributed by atoms with E-state index in [4.69, 9.17) is 14.8 Å². The number of anilines is 2. The second-order valence-electron chi connectivity index (χ2n) is 22.4. The number of aromatic nitrogens is 1. The van der Waals surface area contributed by atoms with E-state index in [9.17, 15) is 29.2 Å². The Morgan fingerprint density at radius 2 is 1.54 bits per heavy atom. The molecule has 16 nitrogen and oxygen atoms in total. The molecule has 3 saturated heterocycles. The van der Waals surface area contributed by atoms with Crippen molar-refractivity contribution in [3.8, 4) is 28.8 Å². The summed E-state index contributed by atoms with van der Waals surface area (Å²) in [7, 11) is 3.75. The Morgan fingerprint density at radius 1 is 0.847 bits per heavy atom. The quantitative estimate of drug-likeness (QED) is 0.0558. The number of rotatable bonds is 18. The number of carbonyl (C=O) groups is 5. The van der Waals surface area contributed by atoms with Crippen molar-refractivity contribution in [1.82, 2.24) is 25.0 Å². The number of aldehydes is 2. The average molecular weight is 1340 g/mol. The third-order valence-corrected chi connectivity index (χ3v) is 17.1. The van der Waals surface area contributed by atoms with Crippen LogP contribution in [0.4, 0.5) is 24.5 Å². The van der Waals surface area contributed by atoms with Crippen molar-refractivity contribution < 1.29 is 67.7 Å². The van der Waals surface area contributed by atoms with E-state index in [0.29, 0.717) is 70.0 Å². The van der Waals surface area contributed by atoms with Crippen LogP contribution in [0, 0.1) is 23.2 Å². The van der Waals surface area contributed by atoms with Gasteiger partial charge in [-0.05, 0) is 124 Å². The van der Waals surface area contributed by atoms with Gasteiger partial charge in [-0.2, -0.15) is 18.4 Å². The van der Waals surface area contributed by atoms with E-state index in [1.54, 1.807) is 60.7 Å². The monoisotopic (exact) mass is 1340 g/mol. The number of nitriles is 1. The number of H-pyrrole nitrogens is 1. The van der Waals surface area contributed by atoms with E-state index in [1.165, 1.54) is 11.0 Å². The number of carbonyl (C=O) groups excluding carboxylic acids is 5. The summed E-state index contributed by atoms with van der Waals surface area (Å²) >= 11 is 0. The number of benzene rings is 4. The van der Waals surface area contributed by atoms with Gasteiger partial charge in [0, 0.05) is 145 Å². The molecule has 0 bridgehead atoms. The number of piperidine rings is 2. The fourth-order valence-electron chi connectivity index (χ4n) is 12.5. The second-order valence-corrected chi connectivity index (χ2v) is 22.4. The van der Waals surface area contributed by atoms with Crippen LogP contribution in [0.3, 0.4) is 0 Å². The molecule has 3 N–H and O–H groups in total. The Morgan fingerprint density at radius 3 is 2.22 bits per heavy atom. The first-order chi connectivity index (χ1) is 40.7. The second kappa shape index (κ2) is 31.2. The minimum Gasteiger partial charge on any atom is -0.657 e. The number of piperazine rings is 1. The Labute approximate surface area is 512 Å². The Bertz CT molecular complexity index is 3070. The van der Waals surface area contributed by atoms with Gasteiger partial charge < -0.3 is 54.7 Å². The molecule has 85 heavy (non-hydrogen) atoms. The Balaban J connectivity index is 0.00000167. The molecular weight excluding hydrogens is 1260 g/mol. The minimum atomic E-state index is -4.78. The normalized spacial score (nSPS) is 20.1. The summed E-state index contributed by atoms with van der Waals surface area (Å²) < 4.78 is 57.6. The number of alkyl halides is 3. The molecule has 1 saturated carbocycles. The smallest absolute Gasteiger partial charge is 0.428 e. The maximum atomic E-state index is 15.2. The van der Waals surface area contributed by atoms with Crippen LogP contribution in [0.1, 0.15) is 113 Å². The molecule has 456 valence electrons. The number of para-hydroxylation sites is 1. The van der Waals surface area contributed by atoms with Gasteiger partial charge >= 0.3 is 6.18 Å². The number of ether oxygens (including phenoxy) is 2. The van der Waals surface area contributed by atoms with Crippen molar-refractivity contribution >= 4 is 52.6 Å². The van der Waals surface area contributed by atoms with E-state index in [2.05, 4.69) is 48.5 Å². The predicted octanol–water partition coefficient (Wildman–Crippen LogP) is 10.6. The maximum absolute atomic E-state index is 15.2. The molecule has 2 unspecified atom stereocenters. The van der Waals surface area contributed by atoms with Crippen LogP contribution < -0.4 is 25.0 Å². The van der Waals surface area contributed by atoms with Gasteiger partial charge in [-0.3, -0.25) is 19.3 Å². The summed E-state index contributed by atoms with van der Waals surface area (Å²) in [6.07, 6.45) is 2.15. The largest absolute Gasteiger partial charge is 0.657 e. The number of amides is 3. The molecule has 20 heteroatoms. The van der Waals surface area contributed by atoms with Crippen molar-refractivity contribution in [3.05, 3.63) is 113 Å². The minimum absolute atomic E-state index is 0. The van der Waals surface area contributed by atoms with E-state index >= 15 is 13.2 Å². The van der Waals surface area contributed by atoms with Crippen LogP contribution in [0.25, 0.3) is 27.5 Å². The molecule has 0 spiro atoms. The molecule has 2 atom stereocenters. The fourth-order valence-corrected chi connectivity index (χ4v) is 12.5. The van der Waals surface area contributed by atoms with Gasteiger partial charge in [0.15, 0.2) is 0 Å². The van der Waals surface area contributed by atoms with Crippen molar-refractivity contribution in [3.63, 3.8) is 0 Å². The summed E-state index contributed by atoms with van der Waals surface area (Å²) in [6.45, 7) is 10.4. The molecule has 4 aromatic carbocycles. The SMILES string of the molecule is CC.CNC.N#Cc1cccc2[nH]c(-c3ccccc3OC3(C(F)(F)F)CCN(C(=O)C4CC(=O)Nc5ccc(OCC[N-]C6CCC(C(=O)N7CCN(CC8CCN(c9cccc(C(C=O)CCC=O)c9)CC8)CC7)CC6)cc54)CC3)cc12.[W]. The number of likely N-dealkylation sites (tertiary alicyclic amines) is 1. The van der Waals surface area contributed by atoms with Crippen LogP contribution in [0.15, 0.2) is 91.0 Å². The van der Waals surface area contributed by atoms with Crippen LogP contribution in [0.5, 0.6) is 11.5 Å². The van der Waals surface area contributed by atoms with Gasteiger partial charge in [0.1, 0.15) is 24.1 Å². The van der Waals surface area contributed by atoms with Crippen molar-refractivity contribution in [2.45, 2.75) is 114 Å². The van der Waals surface area contributed by atoms with E-state index in [-0.39, 0.29) is 82.6 Å². The molecule has 1 aliphatic carbocycles. The van der Waals surface area contributed by atoms with E-state index in [0.717, 1.165) is 108 Å². The Kier molecular flexibility index (Phi) is 24.2. The molecule has 4 fully saturated rings. The van der Waals surface area contributed by atoms with Crippen molar-refractivity contribution in [2.24, 2.45) is 11.8 Å². The molecule has 4 aliphatic heterocycles. The first-order valence-electron chi connectivity index (χ1n) is 30.0. The van der Waals surface area contributed by atoms with Gasteiger partial charge in [0.25, 0.3) is 0 Å². The molecule has 5 heterocycles. The zero-order chi connectivity index (χ0) is 59.8. The van der Waals surface area contributed by atoms with Gasteiger partial charge in [-0.15, -0.1) is 12.6 Å². The number of hydrogen-bond acceptors (Lipinski definition) is 11. The van der Waals surface area contributed by atoms with Crippen LogP contribution >= 0.6 is 0 Å². The van der Waals surface area contributed by atoms with E-state index in [1.807, 2.05) is 40.1 Å². The fraction of sp³-hybridized carbons (Fsp3) is 0.508. The third kappa shape index (κ3) is 16.3. The molecule has 0 radical (unpaired) electrons. The number of aromatic amines is 1. The number of fused-ring (bicyclic) bond motifs is 2. The number of nitrogens with one attached hydrogen (secondary N) is 3. The summed E-state index contributed by atoms with van der Waals surface area (Å²) in [5.41, 5.74) is 2.49. The molecule has 3 amide bonds. The summed E-state index contributed by atoms with van der Waals surface area (Å²) in [5.74, 6) is -0.639. The predicted molar refractivity (Wildman–Crippen MR) is 320 cm³/mol. The first kappa shape index (κ1) is 66.0. The van der Waals surface area contributed by atoms with Gasteiger partial charge in [-0.1, -0.05) is 57.0 Å². The van der Waals surface area contributed by atoms with Crippen LogP contribution in [-0.2, 0) is 45.0 Å². The zero-order valence-corrected chi connectivity index (χ0v) is 52.3. The molecular formula is C65H81F3N9O7W-. The van der Waals surface area contributed by atoms with Crippen LogP contribution in [0.2, 0.25) is 0 Å². The third-order valence-electron chi connectivity index (χ3n) is 17.1. The molecule has 10 rings (SSSR count). The van der Waals surface area contributed by atoms with Crippen molar-refractivity contribution in [1.29, 1.82) is 5.26 Å². The molecule has 1 aromatic heterocycles. The molecule has 5 aromatic rings. The number of halogens is 3. The zero-order valence-electron chi connectivity index (χ0n) is 49.3. The average Bonchev–Trinajstić information content (AvgIpc) is 2.61. The van der Waals surface area contributed by atoms with Crippen molar-refractivity contribution in [2.75, 3.05) is 96.4 Å². The first-order valence-corrected chi connectivity index (χ1v) is 30.0. The topological polar surface area (TPSA) is 195 Å². The summed E-state index contributed by atoms with van der Waals surface area (Å²) in [4.78, 5) is 75.0. The van der Waals surface area contributed by atoms with Gasteiger partial charge in [0.2, 0.25) is 23.3 Å². The number of nitrogens with zero attached hydrogens (tertiary/aromatic N) is 6. The van der Waals surface area contributed by atoms with Gasteiger partial charge in [-0.25, -0.2) is 0 Å². The van der Waals surface area contributed by atoms with Crippen LogP contribution in [-0.4, -0.2) is 154 Å². The molecule has 5 aliphatic rings. The number of hydrogen-bond donors (Lipinski definition) is 3.